The predicted octanol–water partition coefficient (Wildman–Crippen LogP) is 2.54. The second-order valence-electron chi connectivity index (χ2n) is 6.03. The van der Waals surface area contributed by atoms with Crippen molar-refractivity contribution in [1.82, 2.24) is 18.9 Å². The fraction of sp³-hybridized carbons (Fsp3) is 0.158. The summed E-state index contributed by atoms with van der Waals surface area (Å²) in [6, 6.07) is 12.6. The number of hydrogen-bond acceptors (Lipinski definition) is 5. The van der Waals surface area contributed by atoms with Gasteiger partial charge in [-0.2, -0.15) is 0 Å². The first kappa shape index (κ1) is 16.5. The third-order valence-electron chi connectivity index (χ3n) is 4.23. The molecule has 130 valence electrons. The van der Waals surface area contributed by atoms with E-state index in [2.05, 4.69) is 9.97 Å². The molecule has 6 nitrogen and oxygen atoms in total. The summed E-state index contributed by atoms with van der Waals surface area (Å²) in [6.45, 7) is 1.92. The van der Waals surface area contributed by atoms with Gasteiger partial charge in [-0.3, -0.25) is 18.6 Å². The molecular formula is C19H16N4O2S. The number of aryl methyl sites for hydroxylation is 1. The SMILES string of the molecule is Cc1cccn2c(=O)cc(CSc3nc4ccccc4c(=O)n3C)nc12. The first-order valence-corrected chi connectivity index (χ1v) is 9.09. The lowest BCUT2D eigenvalue weighted by molar-refractivity contribution is 0.726. The van der Waals surface area contributed by atoms with Gasteiger partial charge in [0.25, 0.3) is 11.1 Å². The number of pyridine rings is 1. The Balaban J connectivity index is 1.72. The van der Waals surface area contributed by atoms with Crippen LogP contribution < -0.4 is 11.1 Å². The molecule has 0 aliphatic carbocycles. The molecule has 3 heterocycles. The highest BCUT2D eigenvalue weighted by Gasteiger charge is 2.10. The van der Waals surface area contributed by atoms with Crippen LogP contribution in [0.2, 0.25) is 0 Å². The van der Waals surface area contributed by atoms with Gasteiger partial charge in [0.05, 0.1) is 16.6 Å². The van der Waals surface area contributed by atoms with Crippen molar-refractivity contribution in [3.05, 3.63) is 80.6 Å². The van der Waals surface area contributed by atoms with Crippen LogP contribution in [0.25, 0.3) is 16.6 Å². The van der Waals surface area contributed by atoms with Gasteiger partial charge in [0.15, 0.2) is 5.16 Å². The highest BCUT2D eigenvalue weighted by Crippen LogP contribution is 2.20. The number of rotatable bonds is 3. The highest BCUT2D eigenvalue weighted by atomic mass is 32.2. The summed E-state index contributed by atoms with van der Waals surface area (Å²) in [7, 11) is 1.71. The van der Waals surface area contributed by atoms with Gasteiger partial charge < -0.3 is 0 Å². The summed E-state index contributed by atoms with van der Waals surface area (Å²) in [6.07, 6.45) is 1.71. The molecule has 0 bridgehead atoms. The summed E-state index contributed by atoms with van der Waals surface area (Å²) >= 11 is 1.39. The molecule has 1 aromatic carbocycles. The fourth-order valence-corrected chi connectivity index (χ4v) is 3.71. The zero-order chi connectivity index (χ0) is 18.3. The van der Waals surface area contributed by atoms with Crippen LogP contribution in [0.3, 0.4) is 0 Å². The van der Waals surface area contributed by atoms with Gasteiger partial charge >= 0.3 is 0 Å². The van der Waals surface area contributed by atoms with Gasteiger partial charge in [-0.1, -0.05) is 30.0 Å². The molecule has 7 heteroatoms. The van der Waals surface area contributed by atoms with Crippen LogP contribution in [0.15, 0.2) is 63.4 Å². The largest absolute Gasteiger partial charge is 0.290 e. The van der Waals surface area contributed by atoms with E-state index < -0.39 is 0 Å². The van der Waals surface area contributed by atoms with Gasteiger partial charge in [-0.25, -0.2) is 9.97 Å². The smallest absolute Gasteiger partial charge is 0.261 e. The van der Waals surface area contributed by atoms with Crippen molar-refractivity contribution in [3.63, 3.8) is 0 Å². The Bertz CT molecular complexity index is 1260. The van der Waals surface area contributed by atoms with E-state index in [1.165, 1.54) is 26.8 Å². The Morgan fingerprint density at radius 1 is 1.08 bits per heavy atom. The van der Waals surface area contributed by atoms with Crippen molar-refractivity contribution in [3.8, 4) is 0 Å². The molecular weight excluding hydrogens is 348 g/mol. The van der Waals surface area contributed by atoms with Gasteiger partial charge in [0.1, 0.15) is 5.65 Å². The molecule has 0 fully saturated rings. The van der Waals surface area contributed by atoms with E-state index in [1.807, 2.05) is 37.3 Å². The van der Waals surface area contributed by atoms with Crippen LogP contribution in [-0.4, -0.2) is 18.9 Å². The quantitative estimate of drug-likeness (QED) is 0.413. The molecule has 0 unspecified atom stereocenters. The van der Waals surface area contributed by atoms with Gasteiger partial charge in [0, 0.05) is 25.1 Å². The van der Waals surface area contributed by atoms with Crippen LogP contribution in [0, 0.1) is 6.92 Å². The molecule has 0 spiro atoms. The maximum absolute atomic E-state index is 12.5. The molecule has 3 aromatic heterocycles. The Morgan fingerprint density at radius 3 is 2.73 bits per heavy atom. The summed E-state index contributed by atoms with van der Waals surface area (Å²) < 4.78 is 3.07. The Hall–Kier alpha value is -2.93. The Kier molecular flexibility index (Phi) is 4.08. The van der Waals surface area contributed by atoms with Crippen molar-refractivity contribution >= 4 is 28.3 Å². The lowest BCUT2D eigenvalue weighted by Crippen LogP contribution is -2.20. The zero-order valence-corrected chi connectivity index (χ0v) is 15.2. The maximum Gasteiger partial charge on any atom is 0.261 e. The molecule has 4 rings (SSSR count). The molecule has 0 radical (unpaired) electrons. The molecule has 26 heavy (non-hydrogen) atoms. The van der Waals surface area contributed by atoms with Crippen LogP contribution in [0.5, 0.6) is 0 Å². The monoisotopic (exact) mass is 364 g/mol. The predicted molar refractivity (Wildman–Crippen MR) is 103 cm³/mol. The van der Waals surface area contributed by atoms with Crippen LogP contribution in [0.4, 0.5) is 0 Å². The number of benzene rings is 1. The van der Waals surface area contributed by atoms with Crippen LogP contribution in [0.1, 0.15) is 11.3 Å². The second-order valence-corrected chi connectivity index (χ2v) is 6.98. The number of fused-ring (bicyclic) bond motifs is 2. The van der Waals surface area contributed by atoms with E-state index >= 15 is 0 Å². The Labute approximate surface area is 153 Å². The number of aromatic nitrogens is 4. The van der Waals surface area contributed by atoms with Crippen molar-refractivity contribution in [2.45, 2.75) is 17.8 Å². The van der Waals surface area contributed by atoms with Gasteiger partial charge in [-0.05, 0) is 30.7 Å². The summed E-state index contributed by atoms with van der Waals surface area (Å²) in [5.74, 6) is 0.457. The molecule has 0 aliphatic heterocycles. The lowest BCUT2D eigenvalue weighted by Gasteiger charge is -2.09. The first-order chi connectivity index (χ1) is 12.5. The average molecular weight is 364 g/mol. The van der Waals surface area contributed by atoms with Gasteiger partial charge in [-0.15, -0.1) is 0 Å². The topological polar surface area (TPSA) is 69.3 Å². The lowest BCUT2D eigenvalue weighted by atomic mass is 10.2. The Morgan fingerprint density at radius 2 is 1.88 bits per heavy atom. The molecule has 4 aromatic rings. The summed E-state index contributed by atoms with van der Waals surface area (Å²) in [4.78, 5) is 33.9. The van der Waals surface area contributed by atoms with E-state index in [9.17, 15) is 9.59 Å². The molecule has 0 N–H and O–H groups in total. The first-order valence-electron chi connectivity index (χ1n) is 8.11. The van der Waals surface area contributed by atoms with E-state index in [-0.39, 0.29) is 11.1 Å². The molecule has 0 saturated heterocycles. The summed E-state index contributed by atoms with van der Waals surface area (Å²) in [5, 5.41) is 1.19. The highest BCUT2D eigenvalue weighted by molar-refractivity contribution is 7.98. The average Bonchev–Trinajstić information content (AvgIpc) is 2.64. The van der Waals surface area contributed by atoms with E-state index in [0.29, 0.717) is 33.2 Å². The molecule has 0 aliphatic rings. The molecule has 0 amide bonds. The van der Waals surface area contributed by atoms with Crippen molar-refractivity contribution in [2.75, 3.05) is 0 Å². The number of thioether (sulfide) groups is 1. The van der Waals surface area contributed by atoms with Crippen molar-refractivity contribution in [1.29, 1.82) is 0 Å². The summed E-state index contributed by atoms with van der Waals surface area (Å²) in [5.41, 5.74) is 2.72. The minimum absolute atomic E-state index is 0.0829. The number of nitrogens with zero attached hydrogens (tertiary/aromatic N) is 4. The minimum Gasteiger partial charge on any atom is -0.290 e. The fourth-order valence-electron chi connectivity index (χ4n) is 2.85. The van der Waals surface area contributed by atoms with Crippen LogP contribution >= 0.6 is 11.8 Å². The van der Waals surface area contributed by atoms with Crippen molar-refractivity contribution in [2.24, 2.45) is 7.05 Å². The van der Waals surface area contributed by atoms with Crippen molar-refractivity contribution < 1.29 is 0 Å². The van der Waals surface area contributed by atoms with E-state index in [1.54, 1.807) is 19.3 Å². The van der Waals surface area contributed by atoms with Crippen LogP contribution in [-0.2, 0) is 12.8 Å². The number of hydrogen-bond donors (Lipinski definition) is 0. The van der Waals surface area contributed by atoms with Gasteiger partial charge in [0.2, 0.25) is 0 Å². The standard InChI is InChI=1S/C19H16N4O2S/c1-12-6-5-9-23-16(24)10-13(20-17(12)23)11-26-19-21-15-8-4-3-7-14(15)18(25)22(19)2/h3-10H,11H2,1-2H3. The maximum atomic E-state index is 12.5. The normalized spacial score (nSPS) is 11.3. The molecule has 0 saturated carbocycles. The zero-order valence-electron chi connectivity index (χ0n) is 14.3. The molecule has 0 atom stereocenters. The minimum atomic E-state index is -0.116. The number of para-hydroxylation sites is 1. The third-order valence-corrected chi connectivity index (χ3v) is 5.29. The third kappa shape index (κ3) is 2.80. The van der Waals surface area contributed by atoms with E-state index in [4.69, 9.17) is 0 Å². The van der Waals surface area contributed by atoms with E-state index in [0.717, 1.165) is 5.56 Å². The second kappa shape index (κ2) is 6.42.